The van der Waals surface area contributed by atoms with E-state index in [4.69, 9.17) is 0 Å². The zero-order valence-corrected chi connectivity index (χ0v) is 13.4. The molecule has 0 radical (unpaired) electrons. The topological polar surface area (TPSA) is 86.7 Å². The lowest BCUT2D eigenvalue weighted by Crippen LogP contribution is -2.38. The summed E-state index contributed by atoms with van der Waals surface area (Å²) in [6, 6.07) is 7.68. The van der Waals surface area contributed by atoms with Crippen LogP contribution in [0.4, 0.5) is 0 Å². The van der Waals surface area contributed by atoms with E-state index in [0.717, 1.165) is 11.1 Å². The lowest BCUT2D eigenvalue weighted by molar-refractivity contribution is -0.141. The Hall–Kier alpha value is -2.37. The van der Waals surface area contributed by atoms with Gasteiger partial charge in [0.1, 0.15) is 0 Å². The number of hydrogen-bond donors (Lipinski definition) is 2. The van der Waals surface area contributed by atoms with Crippen LogP contribution in [-0.2, 0) is 20.8 Å². The maximum atomic E-state index is 12.1. The highest BCUT2D eigenvalue weighted by atomic mass is 16.4. The van der Waals surface area contributed by atoms with E-state index in [1.165, 1.54) is 4.90 Å². The number of benzene rings is 1. The Balaban J connectivity index is 1.91. The molecule has 6 heteroatoms. The molecule has 2 amide bonds. The summed E-state index contributed by atoms with van der Waals surface area (Å²) in [5.41, 5.74) is 2.01. The number of nitrogens with one attached hydrogen (secondary N) is 1. The highest BCUT2D eigenvalue weighted by Crippen LogP contribution is 2.16. The van der Waals surface area contributed by atoms with Crippen LogP contribution in [0.2, 0.25) is 0 Å². The minimum Gasteiger partial charge on any atom is -0.481 e. The molecule has 1 aromatic carbocycles. The Labute approximate surface area is 135 Å². The van der Waals surface area contributed by atoms with E-state index in [-0.39, 0.29) is 30.7 Å². The van der Waals surface area contributed by atoms with Crippen LogP contribution < -0.4 is 5.32 Å². The Bertz CT molecular complexity index is 614. The van der Waals surface area contributed by atoms with E-state index in [0.29, 0.717) is 13.0 Å². The van der Waals surface area contributed by atoms with Gasteiger partial charge in [-0.05, 0) is 18.9 Å². The van der Waals surface area contributed by atoms with Gasteiger partial charge in [0, 0.05) is 26.6 Å². The largest absolute Gasteiger partial charge is 0.481 e. The maximum Gasteiger partial charge on any atom is 0.308 e. The van der Waals surface area contributed by atoms with Crippen LogP contribution in [0.15, 0.2) is 24.3 Å². The van der Waals surface area contributed by atoms with Crippen molar-refractivity contribution in [1.82, 2.24) is 10.2 Å². The summed E-state index contributed by atoms with van der Waals surface area (Å²) in [4.78, 5) is 36.5. The van der Waals surface area contributed by atoms with Gasteiger partial charge >= 0.3 is 5.97 Å². The Morgan fingerprint density at radius 2 is 2.17 bits per heavy atom. The molecule has 2 rings (SSSR count). The molecule has 1 heterocycles. The van der Waals surface area contributed by atoms with Crippen molar-refractivity contribution in [3.8, 4) is 0 Å². The first kappa shape index (κ1) is 17.0. The number of amides is 2. The van der Waals surface area contributed by atoms with Gasteiger partial charge in [-0.1, -0.05) is 29.8 Å². The zero-order valence-electron chi connectivity index (χ0n) is 13.4. The van der Waals surface area contributed by atoms with Gasteiger partial charge in [-0.2, -0.15) is 0 Å². The Morgan fingerprint density at radius 3 is 2.74 bits per heavy atom. The van der Waals surface area contributed by atoms with Crippen LogP contribution in [0, 0.1) is 18.8 Å². The summed E-state index contributed by atoms with van der Waals surface area (Å²) >= 11 is 0. The van der Waals surface area contributed by atoms with Crippen molar-refractivity contribution >= 4 is 17.8 Å². The average Bonchev–Trinajstić information content (AvgIpc) is 2.82. The summed E-state index contributed by atoms with van der Waals surface area (Å²) in [6.45, 7) is 2.41. The van der Waals surface area contributed by atoms with Crippen LogP contribution >= 0.6 is 0 Å². The smallest absolute Gasteiger partial charge is 0.308 e. The molecule has 0 unspecified atom stereocenters. The molecule has 23 heavy (non-hydrogen) atoms. The molecule has 2 N–H and O–H groups in total. The molecule has 0 saturated carbocycles. The molecule has 124 valence electrons. The first-order valence-corrected chi connectivity index (χ1v) is 7.67. The third-order valence-corrected chi connectivity index (χ3v) is 4.15. The van der Waals surface area contributed by atoms with Crippen molar-refractivity contribution in [2.75, 3.05) is 20.1 Å². The fraction of sp³-hybridized carbons (Fsp3) is 0.471. The lowest BCUT2D eigenvalue weighted by Gasteiger charge is -2.16. The van der Waals surface area contributed by atoms with E-state index >= 15 is 0 Å². The average molecular weight is 318 g/mol. The van der Waals surface area contributed by atoms with Crippen molar-refractivity contribution in [3.63, 3.8) is 0 Å². The highest BCUT2D eigenvalue weighted by Gasteiger charge is 2.32. The van der Waals surface area contributed by atoms with Crippen LogP contribution in [-0.4, -0.2) is 47.9 Å². The number of carbonyl (C=O) groups is 3. The van der Waals surface area contributed by atoms with Gasteiger partial charge in [-0.3, -0.25) is 14.4 Å². The third-order valence-electron chi connectivity index (χ3n) is 4.15. The molecule has 0 bridgehead atoms. The van der Waals surface area contributed by atoms with Gasteiger partial charge in [-0.25, -0.2) is 0 Å². The van der Waals surface area contributed by atoms with Gasteiger partial charge in [0.25, 0.3) is 0 Å². The molecule has 2 atom stereocenters. The monoisotopic (exact) mass is 318 g/mol. The van der Waals surface area contributed by atoms with Crippen LogP contribution in [0.5, 0.6) is 0 Å². The third kappa shape index (κ3) is 4.55. The zero-order chi connectivity index (χ0) is 17.0. The number of carboxylic acid groups (broad SMARTS) is 1. The molecule has 1 fully saturated rings. The predicted octanol–water partition coefficient (Wildman–Crippen LogP) is 0.833. The van der Waals surface area contributed by atoms with Gasteiger partial charge in [0.2, 0.25) is 11.8 Å². The summed E-state index contributed by atoms with van der Waals surface area (Å²) in [5, 5.41) is 12.0. The molecule has 0 aromatic heterocycles. The molecule has 0 spiro atoms. The van der Waals surface area contributed by atoms with E-state index in [1.807, 2.05) is 31.2 Å². The van der Waals surface area contributed by atoms with E-state index in [9.17, 15) is 19.5 Å². The van der Waals surface area contributed by atoms with Gasteiger partial charge < -0.3 is 15.3 Å². The van der Waals surface area contributed by atoms with E-state index in [1.54, 1.807) is 7.05 Å². The second-order valence-electron chi connectivity index (χ2n) is 6.15. The number of carboxylic acids is 1. The summed E-state index contributed by atoms with van der Waals surface area (Å²) in [7, 11) is 1.66. The molecular weight excluding hydrogens is 296 g/mol. The molecule has 1 aliphatic rings. The molecule has 1 aliphatic heterocycles. The summed E-state index contributed by atoms with van der Waals surface area (Å²) < 4.78 is 0. The minimum atomic E-state index is -0.938. The fourth-order valence-electron chi connectivity index (χ4n) is 2.78. The number of nitrogens with zero attached hydrogens (tertiary/aromatic N) is 1. The SMILES string of the molecule is Cc1cccc(C[C@@H](CNC(=O)[C@@H]2CC(=O)N(C)C2)C(=O)O)c1. The fourth-order valence-corrected chi connectivity index (χ4v) is 2.78. The number of hydrogen-bond acceptors (Lipinski definition) is 3. The number of rotatable bonds is 6. The van der Waals surface area contributed by atoms with Crippen LogP contribution in [0.1, 0.15) is 17.5 Å². The van der Waals surface area contributed by atoms with Crippen molar-refractivity contribution in [2.45, 2.75) is 19.8 Å². The molecule has 1 aromatic rings. The number of carbonyl (C=O) groups excluding carboxylic acids is 2. The first-order valence-electron chi connectivity index (χ1n) is 7.67. The van der Waals surface area contributed by atoms with Gasteiger partial charge in [0.15, 0.2) is 0 Å². The molecule has 0 aliphatic carbocycles. The summed E-state index contributed by atoms with van der Waals surface area (Å²) in [6.07, 6.45) is 0.554. The van der Waals surface area contributed by atoms with Crippen molar-refractivity contribution in [2.24, 2.45) is 11.8 Å². The lowest BCUT2D eigenvalue weighted by atomic mass is 9.98. The highest BCUT2D eigenvalue weighted by molar-refractivity contribution is 5.89. The first-order chi connectivity index (χ1) is 10.9. The molecule has 1 saturated heterocycles. The van der Waals surface area contributed by atoms with Crippen LogP contribution in [0.3, 0.4) is 0 Å². The van der Waals surface area contributed by atoms with Crippen molar-refractivity contribution < 1.29 is 19.5 Å². The van der Waals surface area contributed by atoms with Crippen molar-refractivity contribution in [1.29, 1.82) is 0 Å². The second kappa shape index (κ2) is 7.26. The maximum absolute atomic E-state index is 12.1. The second-order valence-corrected chi connectivity index (χ2v) is 6.15. The van der Waals surface area contributed by atoms with Crippen molar-refractivity contribution in [3.05, 3.63) is 35.4 Å². The van der Waals surface area contributed by atoms with Gasteiger partial charge in [-0.15, -0.1) is 0 Å². The molecule has 6 nitrogen and oxygen atoms in total. The Kier molecular flexibility index (Phi) is 5.36. The number of aliphatic carboxylic acids is 1. The minimum absolute atomic E-state index is 0.0558. The van der Waals surface area contributed by atoms with Crippen LogP contribution in [0.25, 0.3) is 0 Å². The standard InChI is InChI=1S/C17H22N2O4/c1-11-4-3-5-12(6-11)7-13(17(22)23)9-18-16(21)14-8-15(20)19(2)10-14/h3-6,13-14H,7-10H2,1-2H3,(H,18,21)(H,22,23)/t13-,14+/m0/s1. The quantitative estimate of drug-likeness (QED) is 0.813. The normalized spacial score (nSPS) is 18.8. The number of likely N-dealkylation sites (tertiary alicyclic amines) is 1. The predicted molar refractivity (Wildman–Crippen MR) is 84.8 cm³/mol. The Morgan fingerprint density at radius 1 is 1.43 bits per heavy atom. The van der Waals surface area contributed by atoms with E-state index in [2.05, 4.69) is 5.32 Å². The van der Waals surface area contributed by atoms with E-state index < -0.39 is 11.9 Å². The number of aryl methyl sites for hydroxylation is 1. The summed E-state index contributed by atoms with van der Waals surface area (Å²) in [5.74, 6) is -2.32. The van der Waals surface area contributed by atoms with Gasteiger partial charge in [0.05, 0.1) is 11.8 Å². The molecular formula is C17H22N2O4.